The lowest BCUT2D eigenvalue weighted by Crippen LogP contribution is -2.53. The van der Waals surface area contributed by atoms with Gasteiger partial charge in [0.05, 0.1) is 34.1 Å². The first kappa shape index (κ1) is 14.9. The van der Waals surface area contributed by atoms with Crippen LogP contribution in [0.1, 0.15) is 23.5 Å². The van der Waals surface area contributed by atoms with E-state index in [0.717, 1.165) is 0 Å². The zero-order valence-corrected chi connectivity index (χ0v) is 12.6. The molecule has 1 aromatic rings. The molecule has 4 nitrogen and oxygen atoms in total. The smallest absolute Gasteiger partial charge is 0.189 e. The Labute approximate surface area is 121 Å². The van der Waals surface area contributed by atoms with Crippen molar-refractivity contribution in [1.82, 2.24) is 4.90 Å². The van der Waals surface area contributed by atoms with Crippen LogP contribution < -0.4 is 0 Å². The maximum absolute atomic E-state index is 12.4. The van der Waals surface area contributed by atoms with Crippen molar-refractivity contribution in [2.45, 2.75) is 32.1 Å². The zero-order valence-electron chi connectivity index (χ0n) is 11.0. The summed E-state index contributed by atoms with van der Waals surface area (Å²) in [5.74, 6) is 0.0719. The maximum atomic E-state index is 12.4. The molecule has 2 heterocycles. The van der Waals surface area contributed by atoms with Gasteiger partial charge in [-0.05, 0) is 26.0 Å². The highest BCUT2D eigenvalue weighted by atomic mass is 35.5. The van der Waals surface area contributed by atoms with Crippen LogP contribution >= 0.6 is 22.9 Å². The number of carbonyl (C=O) groups is 1. The molecular formula is C13H18ClNO3S. The molecule has 0 amide bonds. The van der Waals surface area contributed by atoms with E-state index >= 15 is 0 Å². The van der Waals surface area contributed by atoms with Crippen molar-refractivity contribution in [3.05, 3.63) is 21.3 Å². The van der Waals surface area contributed by atoms with Crippen LogP contribution in [0, 0.1) is 0 Å². The van der Waals surface area contributed by atoms with Crippen molar-refractivity contribution >= 4 is 28.7 Å². The third kappa shape index (κ3) is 3.55. The normalized spacial score (nSPS) is 26.3. The van der Waals surface area contributed by atoms with E-state index < -0.39 is 0 Å². The number of Topliss-reactive ketones (excluding diaryl/α,β-unsaturated/α-hetero) is 1. The summed E-state index contributed by atoms with van der Waals surface area (Å²) in [6.07, 6.45) is -0.195. The molecule has 2 rings (SSSR count). The van der Waals surface area contributed by atoms with Crippen LogP contribution in [0.4, 0.5) is 0 Å². The van der Waals surface area contributed by atoms with Gasteiger partial charge in [0.2, 0.25) is 0 Å². The van der Waals surface area contributed by atoms with Gasteiger partial charge in [0.15, 0.2) is 5.78 Å². The van der Waals surface area contributed by atoms with Gasteiger partial charge in [0, 0.05) is 13.1 Å². The molecule has 1 N–H and O–H groups in total. The van der Waals surface area contributed by atoms with Crippen molar-refractivity contribution in [3.8, 4) is 0 Å². The van der Waals surface area contributed by atoms with Crippen LogP contribution in [-0.2, 0) is 4.74 Å². The van der Waals surface area contributed by atoms with E-state index in [0.29, 0.717) is 22.3 Å². The molecule has 0 aliphatic carbocycles. The number of aliphatic hydroxyl groups is 1. The SMILES string of the molecule is CC1CN(C(C)C(=O)c2ccc(Cl)s2)CC(CO)O1. The largest absolute Gasteiger partial charge is 0.394 e. The van der Waals surface area contributed by atoms with Crippen LogP contribution in [-0.4, -0.2) is 53.7 Å². The van der Waals surface area contributed by atoms with Gasteiger partial charge in [0.25, 0.3) is 0 Å². The number of halogens is 1. The Morgan fingerprint density at radius 1 is 1.63 bits per heavy atom. The van der Waals surface area contributed by atoms with Gasteiger partial charge in [-0.2, -0.15) is 0 Å². The number of nitrogens with zero attached hydrogens (tertiary/aromatic N) is 1. The van der Waals surface area contributed by atoms with Crippen molar-refractivity contribution in [1.29, 1.82) is 0 Å². The van der Waals surface area contributed by atoms with Gasteiger partial charge >= 0.3 is 0 Å². The minimum absolute atomic E-state index is 0.0212. The summed E-state index contributed by atoms with van der Waals surface area (Å²) in [6.45, 7) is 5.10. The van der Waals surface area contributed by atoms with Crippen LogP contribution in [0.15, 0.2) is 12.1 Å². The number of hydrogen-bond acceptors (Lipinski definition) is 5. The third-order valence-corrected chi connectivity index (χ3v) is 4.55. The second kappa shape index (κ2) is 6.33. The molecule has 19 heavy (non-hydrogen) atoms. The van der Waals surface area contributed by atoms with Crippen LogP contribution in [0.25, 0.3) is 0 Å². The Morgan fingerprint density at radius 3 is 2.95 bits per heavy atom. The number of carbonyl (C=O) groups excluding carboxylic acids is 1. The Hall–Kier alpha value is -0.460. The second-order valence-corrected chi connectivity index (χ2v) is 6.56. The molecule has 6 heteroatoms. The lowest BCUT2D eigenvalue weighted by molar-refractivity contribution is -0.100. The molecule has 0 saturated carbocycles. The fourth-order valence-electron chi connectivity index (χ4n) is 2.32. The van der Waals surface area contributed by atoms with E-state index in [9.17, 15) is 9.90 Å². The van der Waals surface area contributed by atoms with E-state index in [4.69, 9.17) is 16.3 Å². The molecule has 0 aromatic carbocycles. The van der Waals surface area contributed by atoms with Crippen molar-refractivity contribution in [3.63, 3.8) is 0 Å². The molecule has 0 spiro atoms. The highest BCUT2D eigenvalue weighted by molar-refractivity contribution is 7.18. The van der Waals surface area contributed by atoms with Gasteiger partial charge in [-0.1, -0.05) is 11.6 Å². The van der Waals surface area contributed by atoms with Gasteiger partial charge in [-0.3, -0.25) is 9.69 Å². The fourth-order valence-corrected chi connectivity index (χ4v) is 3.38. The number of rotatable bonds is 4. The summed E-state index contributed by atoms with van der Waals surface area (Å²) in [5.41, 5.74) is 0. The lowest BCUT2D eigenvalue weighted by Gasteiger charge is -2.38. The predicted octanol–water partition coefficient (Wildman–Crippen LogP) is 2.05. The number of hydrogen-bond donors (Lipinski definition) is 1. The minimum Gasteiger partial charge on any atom is -0.394 e. The monoisotopic (exact) mass is 303 g/mol. The molecule has 1 fully saturated rings. The standard InChI is InChI=1S/C13H18ClNO3S/c1-8-5-15(6-10(7-16)18-8)9(2)13(17)11-3-4-12(14)19-11/h3-4,8-10,16H,5-7H2,1-2H3. The molecule has 1 aromatic heterocycles. The molecule has 106 valence electrons. The highest BCUT2D eigenvalue weighted by Crippen LogP contribution is 2.24. The summed E-state index contributed by atoms with van der Waals surface area (Å²) in [4.78, 5) is 15.1. The fraction of sp³-hybridized carbons (Fsp3) is 0.615. The molecule has 1 saturated heterocycles. The predicted molar refractivity (Wildman–Crippen MR) is 76.1 cm³/mol. The van der Waals surface area contributed by atoms with E-state index in [-0.39, 0.29) is 30.6 Å². The van der Waals surface area contributed by atoms with E-state index in [1.54, 1.807) is 12.1 Å². The van der Waals surface area contributed by atoms with Gasteiger partial charge in [-0.15, -0.1) is 11.3 Å². The van der Waals surface area contributed by atoms with Crippen LogP contribution in [0.2, 0.25) is 4.34 Å². The number of thiophene rings is 1. The lowest BCUT2D eigenvalue weighted by atomic mass is 10.1. The summed E-state index contributed by atoms with van der Waals surface area (Å²) >= 11 is 7.17. The zero-order chi connectivity index (χ0) is 14.0. The number of aliphatic hydroxyl groups excluding tert-OH is 1. The molecule has 3 unspecified atom stereocenters. The summed E-state index contributed by atoms with van der Waals surface area (Å²) in [6, 6.07) is 3.28. The Kier molecular flexibility index (Phi) is 4.97. The Balaban J connectivity index is 2.06. The third-order valence-electron chi connectivity index (χ3n) is 3.30. The maximum Gasteiger partial charge on any atom is 0.189 e. The molecule has 0 bridgehead atoms. The van der Waals surface area contributed by atoms with E-state index in [1.807, 2.05) is 13.8 Å². The van der Waals surface area contributed by atoms with E-state index in [1.165, 1.54) is 11.3 Å². The summed E-state index contributed by atoms with van der Waals surface area (Å²) < 4.78 is 6.21. The molecular weight excluding hydrogens is 286 g/mol. The highest BCUT2D eigenvalue weighted by Gasteiger charge is 2.31. The van der Waals surface area contributed by atoms with Gasteiger partial charge in [0.1, 0.15) is 0 Å². The van der Waals surface area contributed by atoms with Crippen molar-refractivity contribution < 1.29 is 14.6 Å². The summed E-state index contributed by atoms with van der Waals surface area (Å²) in [5, 5.41) is 9.22. The first-order valence-electron chi connectivity index (χ1n) is 6.31. The topological polar surface area (TPSA) is 49.8 Å². The van der Waals surface area contributed by atoms with E-state index in [2.05, 4.69) is 4.90 Å². The second-order valence-electron chi connectivity index (χ2n) is 4.85. The number of ether oxygens (including phenoxy) is 1. The van der Waals surface area contributed by atoms with Gasteiger partial charge in [-0.25, -0.2) is 0 Å². The Morgan fingerprint density at radius 2 is 2.37 bits per heavy atom. The molecule has 1 aliphatic heterocycles. The molecule has 3 atom stereocenters. The van der Waals surface area contributed by atoms with Gasteiger partial charge < -0.3 is 9.84 Å². The number of morpholine rings is 1. The number of ketones is 1. The Bertz CT molecular complexity index is 451. The first-order chi connectivity index (χ1) is 9.01. The van der Waals surface area contributed by atoms with Crippen molar-refractivity contribution in [2.24, 2.45) is 0 Å². The van der Waals surface area contributed by atoms with Crippen molar-refractivity contribution in [2.75, 3.05) is 19.7 Å². The van der Waals surface area contributed by atoms with Crippen LogP contribution in [0.3, 0.4) is 0 Å². The molecule has 1 aliphatic rings. The molecule has 0 radical (unpaired) electrons. The van der Waals surface area contributed by atoms with Crippen LogP contribution in [0.5, 0.6) is 0 Å². The average Bonchev–Trinajstić information content (AvgIpc) is 2.82. The average molecular weight is 304 g/mol. The quantitative estimate of drug-likeness (QED) is 0.865. The first-order valence-corrected chi connectivity index (χ1v) is 7.50. The minimum atomic E-state index is -0.227. The summed E-state index contributed by atoms with van der Waals surface area (Å²) in [7, 11) is 0.